The Morgan fingerprint density at radius 2 is 1.85 bits per heavy atom. The number of rotatable bonds is 5. The lowest BCUT2D eigenvalue weighted by Gasteiger charge is -2.39. The molecule has 1 aromatic rings. The molecule has 0 spiro atoms. The molecule has 1 saturated heterocycles. The molecule has 5 atom stereocenters. The number of carbonyl (C=O) groups is 1. The summed E-state index contributed by atoms with van der Waals surface area (Å²) in [7, 11) is 0. The first-order chi connectivity index (χ1) is 12.5. The summed E-state index contributed by atoms with van der Waals surface area (Å²) in [5, 5.41) is 47.5. The van der Waals surface area contributed by atoms with Crippen LogP contribution in [0.1, 0.15) is 11.1 Å². The maximum Gasteiger partial charge on any atom is 0.416 e. The van der Waals surface area contributed by atoms with E-state index in [0.29, 0.717) is 6.07 Å². The molecule has 27 heavy (non-hydrogen) atoms. The molecular weight excluding hydrogens is 377 g/mol. The Hall–Kier alpha value is -2.18. The van der Waals surface area contributed by atoms with Gasteiger partial charge in [-0.1, -0.05) is 12.1 Å². The monoisotopic (exact) mass is 394 g/mol. The fraction of sp³-hybridized carbons (Fsp3) is 0.438. The van der Waals surface area contributed by atoms with E-state index in [1.165, 1.54) is 6.07 Å². The summed E-state index contributed by atoms with van der Waals surface area (Å²) in [5.74, 6) is -2.55. The van der Waals surface area contributed by atoms with Gasteiger partial charge in [-0.2, -0.15) is 13.2 Å². The fourth-order valence-corrected chi connectivity index (χ4v) is 2.39. The van der Waals surface area contributed by atoms with Crippen molar-refractivity contribution in [2.45, 2.75) is 36.9 Å². The topological polar surface area (TPSA) is 137 Å². The average Bonchev–Trinajstić information content (AvgIpc) is 2.60. The van der Waals surface area contributed by atoms with E-state index in [-0.39, 0.29) is 5.56 Å². The molecule has 1 heterocycles. The minimum absolute atomic E-state index is 0.146. The van der Waals surface area contributed by atoms with Gasteiger partial charge >= 0.3 is 12.1 Å². The zero-order valence-corrected chi connectivity index (χ0v) is 13.6. The van der Waals surface area contributed by atoms with Crippen LogP contribution in [0.15, 0.2) is 30.0 Å². The normalized spacial score (nSPS) is 29.4. The Kier molecular flexibility index (Phi) is 6.44. The Morgan fingerprint density at radius 1 is 1.19 bits per heavy atom. The minimum atomic E-state index is -4.63. The van der Waals surface area contributed by atoms with Crippen molar-refractivity contribution in [2.24, 2.45) is 0 Å². The van der Waals surface area contributed by atoms with E-state index in [2.05, 4.69) is 0 Å². The van der Waals surface area contributed by atoms with Crippen molar-refractivity contribution in [1.29, 1.82) is 0 Å². The van der Waals surface area contributed by atoms with Crippen molar-refractivity contribution in [2.75, 3.05) is 6.61 Å². The highest BCUT2D eigenvalue weighted by atomic mass is 19.4. The van der Waals surface area contributed by atoms with Crippen LogP contribution >= 0.6 is 0 Å². The number of alkyl halides is 3. The summed E-state index contributed by atoms with van der Waals surface area (Å²) in [6.45, 7) is -0.759. The van der Waals surface area contributed by atoms with Crippen molar-refractivity contribution in [1.82, 2.24) is 0 Å². The van der Waals surface area contributed by atoms with Gasteiger partial charge in [0.2, 0.25) is 12.0 Å². The van der Waals surface area contributed by atoms with E-state index in [1.807, 2.05) is 0 Å². The molecule has 2 rings (SSSR count). The molecule has 8 nitrogen and oxygen atoms in total. The van der Waals surface area contributed by atoms with Crippen molar-refractivity contribution in [3.63, 3.8) is 0 Å². The number of aliphatic hydroxyl groups excluding tert-OH is 4. The number of carboxylic acids is 1. The molecule has 1 aliphatic heterocycles. The Labute approximate surface area is 150 Å². The SMILES string of the molecule is O=C(O)/C(=C/c1cccc(C(F)(F)F)c1)O[C@H]1O[C@@H](CO)[C@@H](O)[C@@H](O)[C@@H]1O. The van der Waals surface area contributed by atoms with Crippen LogP contribution in [0.25, 0.3) is 6.08 Å². The van der Waals surface area contributed by atoms with Crippen LogP contribution in [-0.2, 0) is 20.4 Å². The van der Waals surface area contributed by atoms with Crippen LogP contribution in [0.3, 0.4) is 0 Å². The van der Waals surface area contributed by atoms with Crippen LogP contribution in [0.5, 0.6) is 0 Å². The maximum atomic E-state index is 12.8. The Morgan fingerprint density at radius 3 is 2.41 bits per heavy atom. The summed E-state index contributed by atoms with van der Waals surface area (Å²) in [6, 6.07) is 3.77. The van der Waals surface area contributed by atoms with E-state index >= 15 is 0 Å². The summed E-state index contributed by atoms with van der Waals surface area (Å²) >= 11 is 0. The van der Waals surface area contributed by atoms with Crippen LogP contribution < -0.4 is 0 Å². The van der Waals surface area contributed by atoms with E-state index < -0.39 is 60.8 Å². The molecule has 0 bridgehead atoms. The van der Waals surface area contributed by atoms with E-state index in [4.69, 9.17) is 14.6 Å². The number of aliphatic hydroxyl groups is 4. The second-order valence-electron chi connectivity index (χ2n) is 5.75. The predicted molar refractivity (Wildman–Crippen MR) is 81.9 cm³/mol. The molecule has 0 saturated carbocycles. The van der Waals surface area contributed by atoms with Gasteiger partial charge in [-0.05, 0) is 23.8 Å². The highest BCUT2D eigenvalue weighted by Crippen LogP contribution is 2.30. The zero-order chi connectivity index (χ0) is 20.4. The molecule has 0 aliphatic carbocycles. The smallest absolute Gasteiger partial charge is 0.416 e. The van der Waals surface area contributed by atoms with Gasteiger partial charge in [0, 0.05) is 0 Å². The van der Waals surface area contributed by atoms with Crippen molar-refractivity contribution < 1.29 is 53.0 Å². The van der Waals surface area contributed by atoms with Crippen LogP contribution in [0, 0.1) is 0 Å². The first-order valence-corrected chi connectivity index (χ1v) is 7.64. The number of hydrogen-bond acceptors (Lipinski definition) is 7. The van der Waals surface area contributed by atoms with Crippen LogP contribution in [-0.4, -0.2) is 68.8 Å². The third-order valence-corrected chi connectivity index (χ3v) is 3.81. The third-order valence-electron chi connectivity index (χ3n) is 3.81. The standard InChI is InChI=1S/C16H17F3O8/c17-16(18,19)8-3-1-2-7(4-8)5-9(14(24)25)26-15-13(23)12(22)11(21)10(6-20)27-15/h1-5,10-13,15,20-23H,6H2,(H,24,25)/b9-5-/t10-,11+,12+,13-,15-/m0/s1. The molecule has 1 fully saturated rings. The van der Waals surface area contributed by atoms with Crippen LogP contribution in [0.4, 0.5) is 13.2 Å². The van der Waals surface area contributed by atoms with Gasteiger partial charge in [0.25, 0.3) is 0 Å². The molecule has 5 N–H and O–H groups in total. The fourth-order valence-electron chi connectivity index (χ4n) is 2.39. The van der Waals surface area contributed by atoms with Gasteiger partial charge in [-0.3, -0.25) is 0 Å². The number of carboxylic acid groups (broad SMARTS) is 1. The lowest BCUT2D eigenvalue weighted by Crippen LogP contribution is -2.59. The quantitative estimate of drug-likeness (QED) is 0.346. The van der Waals surface area contributed by atoms with Crippen molar-refractivity contribution in [3.8, 4) is 0 Å². The van der Waals surface area contributed by atoms with Gasteiger partial charge in [-0.25, -0.2) is 4.79 Å². The predicted octanol–water partition coefficient (Wildman–Crippen LogP) is -0.0526. The molecule has 150 valence electrons. The van der Waals surface area contributed by atoms with Crippen molar-refractivity contribution >= 4 is 12.0 Å². The Bertz CT molecular complexity index is 703. The average molecular weight is 394 g/mol. The van der Waals surface area contributed by atoms with E-state index in [9.17, 15) is 38.4 Å². The zero-order valence-electron chi connectivity index (χ0n) is 13.6. The van der Waals surface area contributed by atoms with Gasteiger partial charge in [0.15, 0.2) is 0 Å². The molecule has 0 radical (unpaired) electrons. The second-order valence-corrected chi connectivity index (χ2v) is 5.75. The van der Waals surface area contributed by atoms with Gasteiger partial charge in [-0.15, -0.1) is 0 Å². The number of hydrogen-bond donors (Lipinski definition) is 5. The summed E-state index contributed by atoms with van der Waals surface area (Å²) in [5.41, 5.74) is -1.15. The summed E-state index contributed by atoms with van der Waals surface area (Å²) in [4.78, 5) is 11.3. The van der Waals surface area contributed by atoms with E-state index in [0.717, 1.165) is 18.2 Å². The molecule has 1 aliphatic rings. The molecule has 0 aromatic heterocycles. The summed E-state index contributed by atoms with van der Waals surface area (Å²) in [6.07, 6.45) is -12.3. The number of halogens is 3. The number of benzene rings is 1. The van der Waals surface area contributed by atoms with E-state index in [1.54, 1.807) is 0 Å². The van der Waals surface area contributed by atoms with Gasteiger partial charge in [0.1, 0.15) is 24.4 Å². The first kappa shape index (κ1) is 21.1. The number of ether oxygens (including phenoxy) is 2. The lowest BCUT2D eigenvalue weighted by molar-refractivity contribution is -0.291. The van der Waals surface area contributed by atoms with Crippen molar-refractivity contribution in [3.05, 3.63) is 41.2 Å². The lowest BCUT2D eigenvalue weighted by atomic mass is 9.99. The molecule has 1 aromatic carbocycles. The second kappa shape index (κ2) is 8.23. The Balaban J connectivity index is 2.28. The highest BCUT2D eigenvalue weighted by Gasteiger charge is 2.45. The molecule has 0 amide bonds. The first-order valence-electron chi connectivity index (χ1n) is 7.64. The number of aliphatic carboxylic acids is 1. The van der Waals surface area contributed by atoms with Crippen LogP contribution in [0.2, 0.25) is 0 Å². The third kappa shape index (κ3) is 4.96. The summed E-state index contributed by atoms with van der Waals surface area (Å²) < 4.78 is 48.2. The van der Waals surface area contributed by atoms with Gasteiger partial charge < -0.3 is 35.0 Å². The molecule has 0 unspecified atom stereocenters. The van der Waals surface area contributed by atoms with Gasteiger partial charge in [0.05, 0.1) is 12.2 Å². The highest BCUT2D eigenvalue weighted by molar-refractivity contribution is 5.89. The largest absolute Gasteiger partial charge is 0.475 e. The molecular formula is C16H17F3O8. The molecule has 11 heteroatoms. The maximum absolute atomic E-state index is 12.8. The minimum Gasteiger partial charge on any atom is -0.475 e.